The summed E-state index contributed by atoms with van der Waals surface area (Å²) in [5.74, 6) is 0. The van der Waals surface area contributed by atoms with Crippen molar-refractivity contribution in [2.45, 2.75) is 0 Å². The van der Waals surface area contributed by atoms with E-state index in [9.17, 15) is 0 Å². The van der Waals surface area contributed by atoms with Gasteiger partial charge in [0.25, 0.3) is 0 Å². The topological polar surface area (TPSA) is 39.6 Å². The Bertz CT molecular complexity index is 484. The molecule has 64 valence electrons. The quantitative estimate of drug-likeness (QED) is 0.801. The summed E-state index contributed by atoms with van der Waals surface area (Å²) in [6.07, 6.45) is 1.92. The number of aromatic amines is 1. The predicted molar refractivity (Wildman–Crippen MR) is 57.0 cm³/mol. The fraction of sp³-hybridized carbons (Fsp3) is 0. The van der Waals surface area contributed by atoms with Gasteiger partial charge in [0.15, 0.2) is 0 Å². The average molecular weight is 300 g/mol. The predicted octanol–water partition coefficient (Wildman–Crippen LogP) is 1.74. The van der Waals surface area contributed by atoms with Gasteiger partial charge in [0.1, 0.15) is 0 Å². The van der Waals surface area contributed by atoms with Crippen LogP contribution in [0.3, 0.4) is 0 Å². The standard InChI is InChI=1S/C9H5BrN2Se/c10-6-1-2-8-7(3-6)9(4-12-8)13-5-11/h1-4,12H. The van der Waals surface area contributed by atoms with Crippen molar-refractivity contribution >= 4 is 46.3 Å². The average Bonchev–Trinajstić information content (AvgIpc) is 2.49. The fourth-order valence-corrected chi connectivity index (χ4v) is 2.60. The molecule has 0 aliphatic heterocycles. The van der Waals surface area contributed by atoms with Crippen LogP contribution in [0.1, 0.15) is 0 Å². The van der Waals surface area contributed by atoms with Crippen LogP contribution in [0.2, 0.25) is 0 Å². The number of aromatic nitrogens is 1. The molecule has 2 aromatic rings. The van der Waals surface area contributed by atoms with E-state index in [0.717, 1.165) is 19.8 Å². The molecule has 0 aliphatic carbocycles. The molecule has 0 spiro atoms. The van der Waals surface area contributed by atoms with Crippen LogP contribution in [-0.2, 0) is 0 Å². The minimum atomic E-state index is -0.0843. The van der Waals surface area contributed by atoms with E-state index in [0.29, 0.717) is 0 Å². The van der Waals surface area contributed by atoms with Gasteiger partial charge in [0.05, 0.1) is 0 Å². The van der Waals surface area contributed by atoms with Gasteiger partial charge in [-0.05, 0) is 0 Å². The second-order valence-corrected chi connectivity index (χ2v) is 5.19. The first-order chi connectivity index (χ1) is 6.31. The molecule has 0 fully saturated rings. The first-order valence-electron chi connectivity index (χ1n) is 3.64. The summed E-state index contributed by atoms with van der Waals surface area (Å²) in [7, 11) is 0. The summed E-state index contributed by atoms with van der Waals surface area (Å²) in [6.45, 7) is 0. The summed E-state index contributed by atoms with van der Waals surface area (Å²) in [6, 6.07) is 6.04. The zero-order valence-corrected chi connectivity index (χ0v) is 9.84. The number of hydrogen-bond donors (Lipinski definition) is 1. The van der Waals surface area contributed by atoms with Gasteiger partial charge in [-0.3, -0.25) is 0 Å². The van der Waals surface area contributed by atoms with Crippen molar-refractivity contribution < 1.29 is 0 Å². The number of halogens is 1. The molecule has 13 heavy (non-hydrogen) atoms. The number of hydrogen-bond acceptors (Lipinski definition) is 1. The summed E-state index contributed by atoms with van der Waals surface area (Å²) in [4.78, 5) is 5.35. The van der Waals surface area contributed by atoms with Crippen molar-refractivity contribution in [3.05, 3.63) is 28.9 Å². The number of fused-ring (bicyclic) bond motifs is 1. The number of benzene rings is 1. The molecule has 1 N–H and O–H groups in total. The molecular weight excluding hydrogens is 295 g/mol. The molecule has 2 rings (SSSR count). The third-order valence-electron chi connectivity index (χ3n) is 1.76. The molecule has 0 bridgehead atoms. The second kappa shape index (κ2) is 3.55. The van der Waals surface area contributed by atoms with Crippen LogP contribution in [0.25, 0.3) is 10.9 Å². The normalized spacial score (nSPS) is 10.2. The Morgan fingerprint density at radius 3 is 3.08 bits per heavy atom. The van der Waals surface area contributed by atoms with Crippen LogP contribution in [-0.4, -0.2) is 19.9 Å². The van der Waals surface area contributed by atoms with Gasteiger partial charge in [0.2, 0.25) is 0 Å². The van der Waals surface area contributed by atoms with Crippen molar-refractivity contribution in [1.29, 1.82) is 5.26 Å². The zero-order chi connectivity index (χ0) is 9.26. The molecule has 0 radical (unpaired) electrons. The van der Waals surface area contributed by atoms with E-state index >= 15 is 0 Å². The Kier molecular flexibility index (Phi) is 2.41. The minimum absolute atomic E-state index is 0.0843. The maximum atomic E-state index is 8.62. The Morgan fingerprint density at radius 1 is 1.46 bits per heavy atom. The summed E-state index contributed by atoms with van der Waals surface area (Å²) in [5, 5.41) is 9.77. The van der Waals surface area contributed by atoms with Crippen LogP contribution in [0.5, 0.6) is 0 Å². The molecule has 0 amide bonds. The number of nitrogens with zero attached hydrogens (tertiary/aromatic N) is 1. The van der Waals surface area contributed by atoms with Gasteiger partial charge in [-0.25, -0.2) is 0 Å². The Labute approximate surface area is 90.2 Å². The molecule has 0 atom stereocenters. The Hall–Kier alpha value is -0.751. The second-order valence-electron chi connectivity index (χ2n) is 2.54. The number of rotatable bonds is 1. The van der Waals surface area contributed by atoms with E-state index in [1.165, 1.54) is 0 Å². The summed E-state index contributed by atoms with van der Waals surface area (Å²) >= 11 is 3.33. The van der Waals surface area contributed by atoms with E-state index in [-0.39, 0.29) is 15.0 Å². The van der Waals surface area contributed by atoms with Gasteiger partial charge in [-0.2, -0.15) is 0 Å². The van der Waals surface area contributed by atoms with Crippen LogP contribution < -0.4 is 4.46 Å². The number of nitrogens with one attached hydrogen (secondary N) is 1. The summed E-state index contributed by atoms with van der Waals surface area (Å²) in [5.41, 5.74) is 1.09. The molecule has 0 saturated carbocycles. The molecule has 0 aliphatic rings. The number of nitriles is 1. The van der Waals surface area contributed by atoms with E-state index in [1.807, 2.05) is 24.4 Å². The van der Waals surface area contributed by atoms with Crippen molar-refractivity contribution in [2.75, 3.05) is 0 Å². The Balaban J connectivity index is 2.66. The molecule has 1 heterocycles. The molecule has 1 aromatic heterocycles. The summed E-state index contributed by atoms with van der Waals surface area (Å²) < 4.78 is 2.17. The third-order valence-corrected chi connectivity index (χ3v) is 3.62. The molecule has 1 aromatic carbocycles. The van der Waals surface area contributed by atoms with Crippen molar-refractivity contribution in [2.24, 2.45) is 0 Å². The fourth-order valence-electron chi connectivity index (χ4n) is 1.20. The molecule has 2 nitrogen and oxygen atoms in total. The van der Waals surface area contributed by atoms with Gasteiger partial charge in [0, 0.05) is 0 Å². The van der Waals surface area contributed by atoms with Crippen LogP contribution >= 0.6 is 15.9 Å². The van der Waals surface area contributed by atoms with Crippen molar-refractivity contribution in [1.82, 2.24) is 4.98 Å². The monoisotopic (exact) mass is 300 g/mol. The van der Waals surface area contributed by atoms with Gasteiger partial charge >= 0.3 is 90.3 Å². The molecule has 0 saturated heterocycles. The molecule has 0 unspecified atom stereocenters. The van der Waals surface area contributed by atoms with Gasteiger partial charge in [-0.15, -0.1) is 0 Å². The van der Waals surface area contributed by atoms with Gasteiger partial charge < -0.3 is 0 Å². The van der Waals surface area contributed by atoms with E-state index in [2.05, 4.69) is 25.9 Å². The van der Waals surface area contributed by atoms with E-state index < -0.39 is 0 Å². The van der Waals surface area contributed by atoms with Crippen molar-refractivity contribution in [3.63, 3.8) is 0 Å². The SMILES string of the molecule is N#C[Se]c1c[nH]c2ccc(Br)cc12. The first kappa shape index (κ1) is 8.83. The zero-order valence-electron chi connectivity index (χ0n) is 6.54. The number of H-pyrrole nitrogens is 1. The van der Waals surface area contributed by atoms with E-state index in [4.69, 9.17) is 5.26 Å². The van der Waals surface area contributed by atoms with Crippen LogP contribution in [0, 0.1) is 10.2 Å². The van der Waals surface area contributed by atoms with Gasteiger partial charge in [-0.1, -0.05) is 0 Å². The Morgan fingerprint density at radius 2 is 2.31 bits per heavy atom. The van der Waals surface area contributed by atoms with E-state index in [1.54, 1.807) is 0 Å². The van der Waals surface area contributed by atoms with Crippen molar-refractivity contribution in [3.8, 4) is 4.97 Å². The first-order valence-corrected chi connectivity index (χ1v) is 6.14. The van der Waals surface area contributed by atoms with Crippen LogP contribution in [0.4, 0.5) is 0 Å². The maximum absolute atomic E-state index is 8.62. The molecular formula is C9H5BrN2Se. The molecule has 4 heteroatoms. The van der Waals surface area contributed by atoms with Crippen LogP contribution in [0.15, 0.2) is 28.9 Å². The third kappa shape index (κ3) is 1.64.